The average Bonchev–Trinajstić information content (AvgIpc) is 2.58. The molecule has 8 heteroatoms. The second-order valence-electron chi connectivity index (χ2n) is 7.83. The Morgan fingerprint density at radius 1 is 1.15 bits per heavy atom. The fourth-order valence-corrected chi connectivity index (χ4v) is 2.79. The van der Waals surface area contributed by atoms with Gasteiger partial charge in [-0.15, -0.1) is 0 Å². The lowest BCUT2D eigenvalue weighted by Gasteiger charge is -2.32. The highest BCUT2D eigenvalue weighted by molar-refractivity contribution is 5.83. The number of esters is 1. The smallest absolute Gasteiger partial charge is 0.328 e. The number of hydrogen-bond acceptors (Lipinski definition) is 5. The maximum absolute atomic E-state index is 11.9. The highest BCUT2D eigenvalue weighted by Gasteiger charge is 2.22. The molecule has 1 amide bonds. The van der Waals surface area contributed by atoms with Gasteiger partial charge in [0.2, 0.25) is 5.91 Å². The molecule has 1 rings (SSSR count). The van der Waals surface area contributed by atoms with Gasteiger partial charge in [-0.05, 0) is 47.0 Å². The molecule has 1 aliphatic rings. The van der Waals surface area contributed by atoms with E-state index in [4.69, 9.17) is 4.74 Å². The van der Waals surface area contributed by atoms with Crippen molar-refractivity contribution in [2.45, 2.75) is 65.5 Å². The maximum atomic E-state index is 11.9. The van der Waals surface area contributed by atoms with Gasteiger partial charge in [0, 0.05) is 32.2 Å². The molecule has 1 heterocycles. The zero-order valence-electron chi connectivity index (χ0n) is 17.6. The number of likely N-dealkylation sites (tertiary alicyclic amines) is 1. The summed E-state index contributed by atoms with van der Waals surface area (Å²) in [5.74, 6) is 0.380. The van der Waals surface area contributed by atoms with E-state index in [9.17, 15) is 9.59 Å². The van der Waals surface area contributed by atoms with Gasteiger partial charge in [0.05, 0.1) is 6.54 Å². The fraction of sp³-hybridized carbons (Fsp3) is 0.842. The van der Waals surface area contributed by atoms with E-state index >= 15 is 0 Å². The third kappa shape index (κ3) is 10.8. The van der Waals surface area contributed by atoms with Gasteiger partial charge >= 0.3 is 5.97 Å². The Balaban J connectivity index is 2.42. The van der Waals surface area contributed by atoms with Crippen LogP contribution in [0, 0.1) is 0 Å². The van der Waals surface area contributed by atoms with Crippen molar-refractivity contribution < 1.29 is 14.3 Å². The number of piperidine rings is 1. The first-order chi connectivity index (χ1) is 12.7. The Kier molecular flexibility index (Phi) is 10.1. The summed E-state index contributed by atoms with van der Waals surface area (Å²) in [6.07, 6.45) is 2.81. The number of aliphatic imine (C=N–C) groups is 1. The van der Waals surface area contributed by atoms with Gasteiger partial charge in [-0.2, -0.15) is 0 Å². The summed E-state index contributed by atoms with van der Waals surface area (Å²) in [4.78, 5) is 30.2. The summed E-state index contributed by atoms with van der Waals surface area (Å²) in [6.45, 7) is 13.2. The molecule has 0 unspecified atom stereocenters. The molecule has 27 heavy (non-hydrogen) atoms. The Hall–Kier alpha value is -1.83. The molecule has 0 aromatic heterocycles. The molecule has 8 nitrogen and oxygen atoms in total. The topological polar surface area (TPSA) is 95.1 Å². The molecule has 0 radical (unpaired) electrons. The predicted octanol–water partition coefficient (Wildman–Crippen LogP) is 0.874. The van der Waals surface area contributed by atoms with Gasteiger partial charge in [-0.1, -0.05) is 6.92 Å². The van der Waals surface area contributed by atoms with Gasteiger partial charge in [-0.25, -0.2) is 4.99 Å². The van der Waals surface area contributed by atoms with E-state index in [1.54, 1.807) is 0 Å². The largest absolute Gasteiger partial charge is 0.459 e. The third-order valence-electron chi connectivity index (χ3n) is 4.00. The first-order valence-corrected chi connectivity index (χ1v) is 9.99. The van der Waals surface area contributed by atoms with E-state index in [-0.39, 0.29) is 24.5 Å². The first kappa shape index (κ1) is 23.2. The SMILES string of the molecule is CCCNC(=O)CN1CCC(NC(=NCC(=O)OC(C)(C)C)NCC)CC1. The lowest BCUT2D eigenvalue weighted by Crippen LogP contribution is -2.50. The molecule has 1 saturated heterocycles. The molecule has 1 fully saturated rings. The molecule has 0 aromatic carbocycles. The van der Waals surface area contributed by atoms with Crippen LogP contribution in [0.3, 0.4) is 0 Å². The molecule has 0 saturated carbocycles. The van der Waals surface area contributed by atoms with Crippen molar-refractivity contribution in [2.75, 3.05) is 39.3 Å². The van der Waals surface area contributed by atoms with Crippen LogP contribution in [0.25, 0.3) is 0 Å². The lowest BCUT2D eigenvalue weighted by molar-refractivity contribution is -0.152. The van der Waals surface area contributed by atoms with E-state index in [2.05, 4.69) is 25.8 Å². The van der Waals surface area contributed by atoms with Crippen molar-refractivity contribution in [3.05, 3.63) is 0 Å². The normalized spacial score (nSPS) is 16.7. The number of hydrogen-bond donors (Lipinski definition) is 3. The summed E-state index contributed by atoms with van der Waals surface area (Å²) in [6, 6.07) is 0.274. The van der Waals surface area contributed by atoms with Crippen LogP contribution >= 0.6 is 0 Å². The standard InChI is InChI=1S/C19H37N5O3/c1-6-10-21-16(25)14-24-11-8-15(9-12-24)23-18(20-7-2)22-13-17(26)27-19(3,4)5/h15H,6-14H2,1-5H3,(H,21,25)(H2,20,22,23). The Morgan fingerprint density at radius 2 is 1.81 bits per heavy atom. The maximum Gasteiger partial charge on any atom is 0.328 e. The first-order valence-electron chi connectivity index (χ1n) is 9.99. The number of carbonyl (C=O) groups is 2. The molecule has 0 spiro atoms. The second-order valence-corrected chi connectivity index (χ2v) is 7.83. The summed E-state index contributed by atoms with van der Waals surface area (Å²) in [5, 5.41) is 9.47. The van der Waals surface area contributed by atoms with Crippen molar-refractivity contribution in [3.63, 3.8) is 0 Å². The predicted molar refractivity (Wildman–Crippen MR) is 108 cm³/mol. The van der Waals surface area contributed by atoms with Crippen molar-refractivity contribution in [1.82, 2.24) is 20.9 Å². The summed E-state index contributed by atoms with van der Waals surface area (Å²) in [7, 11) is 0. The van der Waals surface area contributed by atoms with Gasteiger partial charge in [-0.3, -0.25) is 14.5 Å². The number of rotatable bonds is 8. The molecule has 0 aliphatic carbocycles. The quantitative estimate of drug-likeness (QED) is 0.327. The molecule has 1 aliphatic heterocycles. The van der Waals surface area contributed by atoms with Crippen molar-refractivity contribution in [3.8, 4) is 0 Å². The van der Waals surface area contributed by atoms with Crippen LogP contribution in [-0.4, -0.2) is 73.6 Å². The minimum absolute atomic E-state index is 0.0109. The van der Waals surface area contributed by atoms with Crippen LogP contribution in [0.5, 0.6) is 0 Å². The number of nitrogens with one attached hydrogen (secondary N) is 3. The van der Waals surface area contributed by atoms with Gasteiger partial charge in [0.15, 0.2) is 5.96 Å². The minimum atomic E-state index is -0.505. The van der Waals surface area contributed by atoms with Crippen molar-refractivity contribution in [2.24, 2.45) is 4.99 Å². The molecule has 0 atom stereocenters. The number of carbonyl (C=O) groups excluding carboxylic acids is 2. The highest BCUT2D eigenvalue weighted by atomic mass is 16.6. The molecular weight excluding hydrogens is 346 g/mol. The molecule has 3 N–H and O–H groups in total. The number of nitrogens with zero attached hydrogens (tertiary/aromatic N) is 2. The Morgan fingerprint density at radius 3 is 2.37 bits per heavy atom. The van der Waals surface area contributed by atoms with Gasteiger partial charge in [0.1, 0.15) is 12.1 Å². The highest BCUT2D eigenvalue weighted by Crippen LogP contribution is 2.10. The number of ether oxygens (including phenoxy) is 1. The molecule has 156 valence electrons. The van der Waals surface area contributed by atoms with E-state index in [0.29, 0.717) is 12.5 Å². The lowest BCUT2D eigenvalue weighted by atomic mass is 10.1. The summed E-state index contributed by atoms with van der Waals surface area (Å²) >= 11 is 0. The van der Waals surface area contributed by atoms with Crippen LogP contribution in [0.1, 0.15) is 53.9 Å². The van der Waals surface area contributed by atoms with Crippen LogP contribution in [0.15, 0.2) is 4.99 Å². The Labute approximate surface area is 163 Å². The van der Waals surface area contributed by atoms with E-state index in [1.165, 1.54) is 0 Å². The zero-order valence-corrected chi connectivity index (χ0v) is 17.6. The van der Waals surface area contributed by atoms with Crippen LogP contribution in [-0.2, 0) is 14.3 Å². The summed E-state index contributed by atoms with van der Waals surface area (Å²) < 4.78 is 5.29. The second kappa shape index (κ2) is 11.8. The molecular formula is C19H37N5O3. The van der Waals surface area contributed by atoms with Crippen molar-refractivity contribution >= 4 is 17.8 Å². The van der Waals surface area contributed by atoms with Crippen LogP contribution < -0.4 is 16.0 Å². The fourth-order valence-electron chi connectivity index (χ4n) is 2.79. The van der Waals surface area contributed by atoms with Crippen LogP contribution in [0.4, 0.5) is 0 Å². The minimum Gasteiger partial charge on any atom is -0.459 e. The van der Waals surface area contributed by atoms with E-state index in [0.717, 1.165) is 45.4 Å². The average molecular weight is 384 g/mol. The monoisotopic (exact) mass is 383 g/mol. The number of amides is 1. The third-order valence-corrected chi connectivity index (χ3v) is 4.00. The zero-order chi connectivity index (χ0) is 20.3. The van der Waals surface area contributed by atoms with E-state index in [1.807, 2.05) is 34.6 Å². The molecule has 0 bridgehead atoms. The summed E-state index contributed by atoms with van der Waals surface area (Å²) in [5.41, 5.74) is -0.505. The van der Waals surface area contributed by atoms with Crippen molar-refractivity contribution in [1.29, 1.82) is 0 Å². The van der Waals surface area contributed by atoms with Crippen LogP contribution in [0.2, 0.25) is 0 Å². The molecule has 0 aromatic rings. The van der Waals surface area contributed by atoms with E-state index < -0.39 is 5.60 Å². The number of guanidine groups is 1. The van der Waals surface area contributed by atoms with Gasteiger partial charge < -0.3 is 20.7 Å². The van der Waals surface area contributed by atoms with Gasteiger partial charge in [0.25, 0.3) is 0 Å². The Bertz CT molecular complexity index is 494.